The Morgan fingerprint density at radius 2 is 1.66 bits per heavy atom. The van der Waals surface area contributed by atoms with Crippen LogP contribution in [0.2, 0.25) is 0 Å². The molecule has 50 heavy (non-hydrogen) atoms. The van der Waals surface area contributed by atoms with Gasteiger partial charge in [-0.25, -0.2) is 9.78 Å². The second-order valence-corrected chi connectivity index (χ2v) is 11.7. The predicted molar refractivity (Wildman–Crippen MR) is 159 cm³/mol. The van der Waals surface area contributed by atoms with Gasteiger partial charge in [0.15, 0.2) is 6.29 Å². The molecule has 0 saturated carbocycles. The van der Waals surface area contributed by atoms with Crippen LogP contribution in [0.25, 0.3) is 0 Å². The molecule has 0 unspecified atom stereocenters. The third kappa shape index (κ3) is 9.77. The van der Waals surface area contributed by atoms with Gasteiger partial charge in [0.1, 0.15) is 73.5 Å². The molecule has 15 atom stereocenters. The third-order valence-electron chi connectivity index (χ3n) is 8.18. The van der Waals surface area contributed by atoms with Crippen molar-refractivity contribution in [1.29, 1.82) is 0 Å². The number of rotatable bonds is 18. The number of carboxylic acids is 1. The zero-order valence-electron chi connectivity index (χ0n) is 26.3. The molecule has 0 spiro atoms. The van der Waals surface area contributed by atoms with Crippen molar-refractivity contribution >= 4 is 17.7 Å². The summed E-state index contributed by atoms with van der Waals surface area (Å²) >= 11 is 0. The summed E-state index contributed by atoms with van der Waals surface area (Å²) in [6.07, 6.45) is -26.0. The van der Waals surface area contributed by atoms with Crippen LogP contribution in [0.15, 0.2) is 24.4 Å². The lowest BCUT2D eigenvalue weighted by atomic mass is 9.88. The number of carbonyl (C=O) groups excluding carboxylic acids is 1. The highest BCUT2D eigenvalue weighted by atomic mass is 16.8. The van der Waals surface area contributed by atoms with Crippen molar-refractivity contribution < 1.29 is 94.9 Å². The molecule has 2 fully saturated rings. The second kappa shape index (κ2) is 18.7. The van der Waals surface area contributed by atoms with Gasteiger partial charge >= 0.3 is 5.97 Å². The van der Waals surface area contributed by atoms with Gasteiger partial charge in [0.05, 0.1) is 38.1 Å². The molecule has 1 amide bonds. The number of nitrogens with one attached hydrogen (secondary N) is 2. The van der Waals surface area contributed by atoms with Gasteiger partial charge in [0.25, 0.3) is 5.79 Å². The normalized spacial score (nSPS) is 33.8. The molecule has 2 saturated heterocycles. The number of hydrogen-bond acceptors (Lipinski definition) is 20. The van der Waals surface area contributed by atoms with E-state index < -0.39 is 136 Å². The first kappa shape index (κ1) is 41.7. The first-order chi connectivity index (χ1) is 23.6. The van der Waals surface area contributed by atoms with Crippen molar-refractivity contribution in [3.05, 3.63) is 24.4 Å². The molecule has 1 aromatic rings. The zero-order valence-corrected chi connectivity index (χ0v) is 26.3. The highest BCUT2D eigenvalue weighted by Gasteiger charge is 2.59. The van der Waals surface area contributed by atoms with Crippen molar-refractivity contribution in [2.45, 2.75) is 97.8 Å². The van der Waals surface area contributed by atoms with Gasteiger partial charge < -0.3 is 96.0 Å². The number of aliphatic carboxylic acids is 1. The number of aliphatic hydroxyl groups excluding tert-OH is 12. The number of ether oxygens (including phenoxy) is 4. The molecule has 15 N–H and O–H groups in total. The number of pyridine rings is 1. The molecular weight excluding hydrogens is 682 g/mol. The van der Waals surface area contributed by atoms with Crippen LogP contribution in [0.3, 0.4) is 0 Å². The maximum atomic E-state index is 12.7. The van der Waals surface area contributed by atoms with Crippen molar-refractivity contribution in [2.24, 2.45) is 0 Å². The number of anilines is 1. The molecule has 22 nitrogen and oxygen atoms in total. The van der Waals surface area contributed by atoms with Crippen LogP contribution in [0, 0.1) is 0 Å². The van der Waals surface area contributed by atoms with Crippen molar-refractivity contribution in [2.75, 3.05) is 38.3 Å². The Kier molecular flexibility index (Phi) is 15.5. The summed E-state index contributed by atoms with van der Waals surface area (Å²) in [7, 11) is 0. The number of carboxylic acid groups (broad SMARTS) is 1. The summed E-state index contributed by atoms with van der Waals surface area (Å²) in [6.45, 7) is -4.66. The maximum absolute atomic E-state index is 12.7. The number of hydrogen-bond donors (Lipinski definition) is 15. The largest absolute Gasteiger partial charge is 0.477 e. The highest BCUT2D eigenvalue weighted by Crippen LogP contribution is 2.38. The van der Waals surface area contributed by atoms with E-state index in [1.54, 1.807) is 18.2 Å². The zero-order chi connectivity index (χ0) is 37.3. The van der Waals surface area contributed by atoms with E-state index in [9.17, 15) is 70.9 Å². The van der Waals surface area contributed by atoms with Gasteiger partial charge in [-0.05, 0) is 12.1 Å². The van der Waals surface area contributed by atoms with Crippen molar-refractivity contribution in [1.82, 2.24) is 10.3 Å². The van der Waals surface area contributed by atoms with Crippen molar-refractivity contribution in [3.8, 4) is 0 Å². The Balaban J connectivity index is 1.91. The molecule has 1 aromatic heterocycles. The van der Waals surface area contributed by atoms with E-state index in [2.05, 4.69) is 15.6 Å². The molecule has 286 valence electrons. The molecule has 22 heteroatoms. The van der Waals surface area contributed by atoms with Crippen LogP contribution in [0.1, 0.15) is 6.42 Å². The number of nitrogens with zero attached hydrogens (tertiary/aromatic N) is 1. The summed E-state index contributed by atoms with van der Waals surface area (Å²) in [6, 6.07) is 3.09. The van der Waals surface area contributed by atoms with Gasteiger partial charge in [-0.15, -0.1) is 0 Å². The summed E-state index contributed by atoms with van der Waals surface area (Å²) < 4.78 is 22.0. The number of aromatic nitrogens is 1. The van der Waals surface area contributed by atoms with E-state index in [0.717, 1.165) is 0 Å². The van der Waals surface area contributed by atoms with Gasteiger partial charge in [-0.2, -0.15) is 0 Å². The van der Waals surface area contributed by atoms with Gasteiger partial charge in [-0.1, -0.05) is 6.07 Å². The third-order valence-corrected chi connectivity index (χ3v) is 8.18. The number of carbonyl (C=O) groups is 2. The molecule has 0 radical (unpaired) electrons. The average molecular weight is 728 g/mol. The van der Waals surface area contributed by atoms with Crippen LogP contribution in [-0.2, 0) is 28.5 Å². The first-order valence-corrected chi connectivity index (χ1v) is 15.4. The Hall–Kier alpha value is -2.75. The average Bonchev–Trinajstić information content (AvgIpc) is 3.11. The first-order valence-electron chi connectivity index (χ1n) is 15.4. The van der Waals surface area contributed by atoms with Crippen LogP contribution in [-0.4, -0.2) is 208 Å². The summed E-state index contributed by atoms with van der Waals surface area (Å²) in [5, 5.41) is 139. The number of amides is 1. The molecule has 3 heterocycles. The van der Waals surface area contributed by atoms with Gasteiger partial charge in [-0.3, -0.25) is 4.79 Å². The summed E-state index contributed by atoms with van der Waals surface area (Å²) in [5.41, 5.74) is 0. The van der Waals surface area contributed by atoms with E-state index in [4.69, 9.17) is 24.1 Å². The molecule has 0 aliphatic carbocycles. The smallest absolute Gasteiger partial charge is 0.364 e. The van der Waals surface area contributed by atoms with Gasteiger partial charge in [0.2, 0.25) is 5.91 Å². The van der Waals surface area contributed by atoms with E-state index in [1.807, 2.05) is 0 Å². The lowest BCUT2D eigenvalue weighted by Gasteiger charge is -2.50. The Morgan fingerprint density at radius 3 is 2.22 bits per heavy atom. The monoisotopic (exact) mass is 727 g/mol. The lowest BCUT2D eigenvalue weighted by molar-refractivity contribution is -0.377. The molecule has 0 bridgehead atoms. The topological polar surface area (TPSA) is 371 Å². The highest BCUT2D eigenvalue weighted by molar-refractivity contribution is 5.78. The lowest BCUT2D eigenvalue weighted by Crippen LogP contribution is -2.70. The fourth-order valence-corrected chi connectivity index (χ4v) is 5.44. The Labute approximate surface area is 283 Å². The second-order valence-electron chi connectivity index (χ2n) is 11.7. The van der Waals surface area contributed by atoms with Gasteiger partial charge in [0, 0.05) is 19.2 Å². The molecule has 3 rings (SSSR count). The van der Waals surface area contributed by atoms with Crippen LogP contribution in [0.4, 0.5) is 5.82 Å². The minimum Gasteiger partial charge on any atom is -0.477 e. The quantitative estimate of drug-likeness (QED) is 0.0667. The van der Waals surface area contributed by atoms with Crippen LogP contribution in [0.5, 0.6) is 0 Å². The minimum absolute atomic E-state index is 0.301. The predicted octanol–water partition coefficient (Wildman–Crippen LogP) is -8.10. The maximum Gasteiger partial charge on any atom is 0.364 e. The summed E-state index contributed by atoms with van der Waals surface area (Å²) in [5.74, 6) is -5.96. The van der Waals surface area contributed by atoms with Crippen LogP contribution < -0.4 is 10.6 Å². The molecule has 0 aromatic carbocycles. The molecule has 2 aliphatic heterocycles. The molecular formula is C28H45N3O19. The van der Waals surface area contributed by atoms with Crippen molar-refractivity contribution in [3.63, 3.8) is 0 Å². The van der Waals surface area contributed by atoms with E-state index in [1.165, 1.54) is 6.20 Å². The fraction of sp³-hybridized carbons (Fsp3) is 0.750. The SMILES string of the molecule is O=C(CO)N[C@H]1[C@H]([C@H](O)[C@H](O)CO)O[C@@](O[C@H]2[C@@H](O)[C@@H](CO)O[C@@H](O[C@@H]([C@H](O)[C@@H](O)CNc3ccccn3)[C@H](O)CO)[C@@H]2O)(C(=O)O)C[C@@H]1O. The minimum atomic E-state index is -3.12. The van der Waals surface area contributed by atoms with E-state index in [-0.39, 0.29) is 6.54 Å². The Bertz CT molecular complexity index is 1210. The van der Waals surface area contributed by atoms with E-state index in [0.29, 0.717) is 5.82 Å². The standard InChI is InChI=1S/C28H45N3O19/c32-7-13(38)20(42)24-18(31-17(40)10-35)11(36)5-28(49-24,27(45)46)50-25-21(43)15(9-34)47-26(22(25)44)48-23(14(39)8-33)19(41)12(37)6-30-16-3-1-2-4-29-16/h1-4,11-15,18-26,32-39,41-44H,5-10H2,(H,29,30)(H,31,40)(H,45,46)/t11-,12-,13+,14+,15+,18+,19+,20+,21-,22+,23+,24+,25-,26-,28-/m0/s1. The van der Waals surface area contributed by atoms with E-state index >= 15 is 0 Å². The fourth-order valence-electron chi connectivity index (χ4n) is 5.44. The number of aliphatic hydroxyl groups is 12. The molecule has 2 aliphatic rings. The Morgan fingerprint density at radius 1 is 0.980 bits per heavy atom. The summed E-state index contributed by atoms with van der Waals surface area (Å²) in [4.78, 5) is 28.6. The van der Waals surface area contributed by atoms with Crippen LogP contribution >= 0.6 is 0 Å².